The van der Waals surface area contributed by atoms with Crippen LogP contribution in [0.3, 0.4) is 0 Å². The summed E-state index contributed by atoms with van der Waals surface area (Å²) >= 11 is 6.00. The van der Waals surface area contributed by atoms with Crippen molar-refractivity contribution in [2.45, 2.75) is 26.2 Å². The van der Waals surface area contributed by atoms with Crippen molar-refractivity contribution >= 4 is 34.3 Å². The van der Waals surface area contributed by atoms with E-state index in [2.05, 4.69) is 24.4 Å². The van der Waals surface area contributed by atoms with Crippen LogP contribution >= 0.6 is 11.6 Å². The third-order valence-corrected chi connectivity index (χ3v) is 6.40. The molecule has 4 aromatic rings. The summed E-state index contributed by atoms with van der Waals surface area (Å²) in [6, 6.07) is 22.4. The molecule has 0 saturated carbocycles. The number of aromatic nitrogens is 1. The summed E-state index contributed by atoms with van der Waals surface area (Å²) < 4.78 is 7.07. The average Bonchev–Trinajstić information content (AvgIpc) is 3.13. The fourth-order valence-corrected chi connectivity index (χ4v) is 4.31. The van der Waals surface area contributed by atoms with Crippen LogP contribution in [0.15, 0.2) is 72.8 Å². The van der Waals surface area contributed by atoms with Crippen molar-refractivity contribution < 1.29 is 14.3 Å². The molecule has 0 aliphatic rings. The van der Waals surface area contributed by atoms with E-state index in [1.165, 1.54) is 5.56 Å². The molecule has 1 amide bonds. The van der Waals surface area contributed by atoms with E-state index < -0.39 is 0 Å². The van der Waals surface area contributed by atoms with Crippen molar-refractivity contribution in [1.82, 2.24) is 9.88 Å². The van der Waals surface area contributed by atoms with E-state index in [0.29, 0.717) is 22.9 Å². The highest BCUT2D eigenvalue weighted by Gasteiger charge is 2.22. The Bertz CT molecular complexity index is 1330. The maximum absolute atomic E-state index is 13.4. The van der Waals surface area contributed by atoms with Crippen LogP contribution in [-0.4, -0.2) is 30.0 Å². The maximum Gasteiger partial charge on any atom is 0.262 e. The Labute approximate surface area is 204 Å². The monoisotopic (exact) mass is 474 g/mol. The summed E-state index contributed by atoms with van der Waals surface area (Å²) in [6.45, 7) is 4.49. The van der Waals surface area contributed by atoms with E-state index in [1.807, 2.05) is 43.3 Å². The molecule has 0 bridgehead atoms. The van der Waals surface area contributed by atoms with Crippen LogP contribution in [0.2, 0.25) is 5.02 Å². The van der Waals surface area contributed by atoms with Gasteiger partial charge in [-0.25, -0.2) is 0 Å². The van der Waals surface area contributed by atoms with Gasteiger partial charge in [0.2, 0.25) is 5.91 Å². The Balaban J connectivity index is 1.63. The minimum absolute atomic E-state index is 0.0910. The minimum atomic E-state index is -0.173. The van der Waals surface area contributed by atoms with Gasteiger partial charge in [0.05, 0.1) is 19.0 Å². The molecule has 0 aliphatic heterocycles. The van der Waals surface area contributed by atoms with Crippen LogP contribution in [0.5, 0.6) is 5.75 Å². The lowest BCUT2D eigenvalue weighted by Crippen LogP contribution is -2.29. The second-order valence-corrected chi connectivity index (χ2v) is 8.82. The molecule has 0 spiro atoms. The number of hydrogen-bond acceptors (Lipinski definition) is 3. The van der Waals surface area contributed by atoms with Gasteiger partial charge in [0.15, 0.2) is 0 Å². The van der Waals surface area contributed by atoms with Crippen LogP contribution in [0.1, 0.15) is 40.0 Å². The molecule has 0 saturated heterocycles. The van der Waals surface area contributed by atoms with Crippen molar-refractivity contribution in [2.24, 2.45) is 0 Å². The van der Waals surface area contributed by atoms with Crippen LogP contribution in [0.4, 0.5) is 0 Å². The lowest BCUT2D eigenvalue weighted by Gasteiger charge is -2.13. The van der Waals surface area contributed by atoms with Gasteiger partial charge in [-0.1, -0.05) is 48.9 Å². The van der Waals surface area contributed by atoms with Crippen molar-refractivity contribution in [2.75, 3.05) is 13.7 Å². The number of carbonyl (C=O) groups excluding carboxylic acids is 2. The summed E-state index contributed by atoms with van der Waals surface area (Å²) in [4.78, 5) is 26.3. The van der Waals surface area contributed by atoms with E-state index in [4.69, 9.17) is 16.3 Å². The van der Waals surface area contributed by atoms with Crippen molar-refractivity contribution in [3.8, 4) is 5.75 Å². The third-order valence-electron chi connectivity index (χ3n) is 6.15. The molecule has 174 valence electrons. The molecule has 4 rings (SSSR count). The Morgan fingerprint density at radius 2 is 1.74 bits per heavy atom. The quantitative estimate of drug-likeness (QED) is 0.370. The number of ether oxygens (including phenoxy) is 1. The van der Waals surface area contributed by atoms with Gasteiger partial charge in [0.25, 0.3) is 5.91 Å². The van der Waals surface area contributed by atoms with Gasteiger partial charge in [-0.2, -0.15) is 0 Å². The summed E-state index contributed by atoms with van der Waals surface area (Å²) in [5.74, 6) is 0.600. The predicted molar refractivity (Wildman–Crippen MR) is 136 cm³/mol. The summed E-state index contributed by atoms with van der Waals surface area (Å²) in [6.07, 6.45) is 0.165. The number of rotatable bonds is 7. The van der Waals surface area contributed by atoms with E-state index in [0.717, 1.165) is 22.2 Å². The van der Waals surface area contributed by atoms with E-state index in [1.54, 1.807) is 35.9 Å². The highest BCUT2D eigenvalue weighted by atomic mass is 35.5. The van der Waals surface area contributed by atoms with E-state index in [-0.39, 0.29) is 24.2 Å². The molecule has 0 fully saturated rings. The van der Waals surface area contributed by atoms with Crippen LogP contribution in [0.25, 0.3) is 10.9 Å². The number of amides is 1. The van der Waals surface area contributed by atoms with E-state index >= 15 is 0 Å². The second-order valence-electron chi connectivity index (χ2n) is 8.39. The van der Waals surface area contributed by atoms with E-state index in [9.17, 15) is 9.59 Å². The molecule has 1 aromatic heterocycles. The molecule has 3 aromatic carbocycles. The Morgan fingerprint density at radius 3 is 2.41 bits per heavy atom. The van der Waals surface area contributed by atoms with Gasteiger partial charge in [-0.3, -0.25) is 14.2 Å². The summed E-state index contributed by atoms with van der Waals surface area (Å²) in [7, 11) is 1.60. The first-order valence-corrected chi connectivity index (χ1v) is 11.6. The lowest BCUT2D eigenvalue weighted by molar-refractivity contribution is -0.120. The van der Waals surface area contributed by atoms with Crippen LogP contribution in [0, 0.1) is 6.92 Å². The highest BCUT2D eigenvalue weighted by molar-refractivity contribution is 6.30. The molecule has 6 heteroatoms. The molecule has 1 atom stereocenters. The number of nitrogens with one attached hydrogen (secondary N) is 1. The molecule has 1 N–H and O–H groups in total. The highest BCUT2D eigenvalue weighted by Crippen LogP contribution is 2.31. The normalized spacial score (nSPS) is 11.9. The van der Waals surface area contributed by atoms with Crippen molar-refractivity contribution in [3.05, 3.63) is 100 Å². The van der Waals surface area contributed by atoms with Crippen LogP contribution in [-0.2, 0) is 11.2 Å². The Kier molecular flexibility index (Phi) is 7.03. The topological polar surface area (TPSA) is 60.3 Å². The first-order chi connectivity index (χ1) is 16.4. The van der Waals surface area contributed by atoms with Gasteiger partial charge in [0, 0.05) is 28.2 Å². The van der Waals surface area contributed by atoms with Gasteiger partial charge < -0.3 is 10.1 Å². The van der Waals surface area contributed by atoms with Crippen molar-refractivity contribution in [3.63, 3.8) is 0 Å². The molecular formula is C28H27ClN2O3. The predicted octanol–water partition coefficient (Wildman–Crippen LogP) is 5.76. The zero-order valence-corrected chi connectivity index (χ0v) is 20.2. The average molecular weight is 475 g/mol. The first kappa shape index (κ1) is 23.6. The number of hydrogen-bond donors (Lipinski definition) is 1. The number of benzene rings is 3. The number of methoxy groups -OCH3 is 1. The molecule has 34 heavy (non-hydrogen) atoms. The van der Waals surface area contributed by atoms with Gasteiger partial charge in [-0.05, 0) is 66.4 Å². The molecule has 0 unspecified atom stereocenters. The van der Waals surface area contributed by atoms with Gasteiger partial charge in [-0.15, -0.1) is 0 Å². The zero-order chi connectivity index (χ0) is 24.2. The fourth-order valence-electron chi connectivity index (χ4n) is 4.19. The van der Waals surface area contributed by atoms with Crippen LogP contribution < -0.4 is 10.1 Å². The number of halogens is 1. The number of fused-ring (bicyclic) bond motifs is 1. The minimum Gasteiger partial charge on any atom is -0.497 e. The molecular weight excluding hydrogens is 448 g/mol. The fraction of sp³-hybridized carbons (Fsp3) is 0.214. The first-order valence-electron chi connectivity index (χ1n) is 11.2. The zero-order valence-electron chi connectivity index (χ0n) is 19.5. The molecule has 0 aliphatic carbocycles. The Hall–Kier alpha value is -3.57. The number of carbonyl (C=O) groups is 2. The summed E-state index contributed by atoms with van der Waals surface area (Å²) in [5.41, 5.74) is 3.97. The van der Waals surface area contributed by atoms with Gasteiger partial charge >= 0.3 is 0 Å². The van der Waals surface area contributed by atoms with Gasteiger partial charge in [0.1, 0.15) is 5.75 Å². The third kappa shape index (κ3) is 4.85. The standard InChI is InChI=1S/C28H27ClN2O3/c1-18(20-7-5-4-6-8-20)17-30-27(32)16-24-19(2)31(26-14-13-23(34-3)15-25(24)26)28(33)21-9-11-22(29)12-10-21/h4-15,18H,16-17H2,1-3H3,(H,30,32)/t18-/m0/s1. The molecule has 0 radical (unpaired) electrons. The molecule has 1 heterocycles. The Morgan fingerprint density at radius 1 is 1.03 bits per heavy atom. The molecule has 5 nitrogen and oxygen atoms in total. The second kappa shape index (κ2) is 10.1. The smallest absolute Gasteiger partial charge is 0.262 e. The summed E-state index contributed by atoms with van der Waals surface area (Å²) in [5, 5.41) is 4.44. The lowest BCUT2D eigenvalue weighted by atomic mass is 10.0. The maximum atomic E-state index is 13.4. The SMILES string of the molecule is COc1ccc2c(c1)c(CC(=O)NC[C@H](C)c1ccccc1)c(C)n2C(=O)c1ccc(Cl)cc1. The largest absolute Gasteiger partial charge is 0.497 e. The van der Waals surface area contributed by atoms with Crippen molar-refractivity contribution in [1.29, 1.82) is 0 Å². The number of nitrogens with zero attached hydrogens (tertiary/aromatic N) is 1.